The molecule has 1 heterocycles. The maximum absolute atomic E-state index is 11.6. The molecule has 4 nitrogen and oxygen atoms in total. The van der Waals surface area contributed by atoms with Gasteiger partial charge in [0.15, 0.2) is 5.13 Å². The van der Waals surface area contributed by atoms with Gasteiger partial charge in [-0.05, 0) is 6.42 Å². The van der Waals surface area contributed by atoms with Crippen molar-refractivity contribution in [3.63, 3.8) is 0 Å². The van der Waals surface area contributed by atoms with E-state index in [0.29, 0.717) is 11.7 Å². The van der Waals surface area contributed by atoms with Crippen LogP contribution in [0.3, 0.4) is 0 Å². The predicted octanol–water partition coefficient (Wildman–Crippen LogP) is 5.35. The van der Waals surface area contributed by atoms with Crippen LogP contribution in [-0.4, -0.2) is 17.7 Å². The fourth-order valence-corrected chi connectivity index (χ4v) is 2.77. The van der Waals surface area contributed by atoms with Crippen LogP contribution in [0, 0.1) is 0 Å². The Bertz CT molecular complexity index is 424. The van der Waals surface area contributed by atoms with E-state index in [2.05, 4.69) is 38.0 Å². The Morgan fingerprint density at radius 2 is 1.90 bits per heavy atom. The van der Waals surface area contributed by atoms with Gasteiger partial charge in [-0.25, -0.2) is 9.78 Å². The quantitative estimate of drug-likeness (QED) is 0.658. The largest absolute Gasteiger partial charge is 0.449 e. The molecule has 0 saturated carbocycles. The first-order chi connectivity index (χ1) is 9.93. The molecule has 1 aromatic heterocycles. The number of nitrogens with one attached hydrogen (secondary N) is 1. The zero-order chi connectivity index (χ0) is 15.7. The lowest BCUT2D eigenvalue weighted by Crippen LogP contribution is -2.15. The van der Waals surface area contributed by atoms with Crippen LogP contribution in [0.15, 0.2) is 5.38 Å². The summed E-state index contributed by atoms with van der Waals surface area (Å²) in [4.78, 5) is 16.0. The number of amides is 1. The summed E-state index contributed by atoms with van der Waals surface area (Å²) in [5, 5.41) is 5.27. The van der Waals surface area contributed by atoms with Gasteiger partial charge >= 0.3 is 6.09 Å². The Balaban J connectivity index is 2.18. The lowest BCUT2D eigenvalue weighted by Gasteiger charge is -2.14. The van der Waals surface area contributed by atoms with E-state index in [-0.39, 0.29) is 5.41 Å². The van der Waals surface area contributed by atoms with Gasteiger partial charge in [-0.2, -0.15) is 0 Å². The molecule has 0 bridgehead atoms. The standard InChI is InChI=1S/C16H28N2O2S/c1-5-6-7-8-9-10-11-20-15(19)18-14-17-13(12-21-14)16(2,3)4/h12H,5-11H2,1-4H3,(H,17,18,19). The lowest BCUT2D eigenvalue weighted by atomic mass is 9.93. The van der Waals surface area contributed by atoms with E-state index in [1.54, 1.807) is 0 Å². The minimum absolute atomic E-state index is 0.00117. The molecule has 0 fully saturated rings. The molecule has 0 aliphatic rings. The summed E-state index contributed by atoms with van der Waals surface area (Å²) in [5.41, 5.74) is 0.984. The molecule has 0 aromatic carbocycles. The van der Waals surface area contributed by atoms with Gasteiger partial charge in [0, 0.05) is 10.8 Å². The van der Waals surface area contributed by atoms with Crippen LogP contribution < -0.4 is 5.32 Å². The molecular weight excluding hydrogens is 284 g/mol. The van der Waals surface area contributed by atoms with Gasteiger partial charge in [0.05, 0.1) is 12.3 Å². The maximum atomic E-state index is 11.6. The molecule has 0 unspecified atom stereocenters. The van der Waals surface area contributed by atoms with Crippen LogP contribution >= 0.6 is 11.3 Å². The number of rotatable bonds is 8. The van der Waals surface area contributed by atoms with Gasteiger partial charge in [-0.15, -0.1) is 11.3 Å². The second-order valence-electron chi connectivity index (χ2n) is 6.32. The summed E-state index contributed by atoms with van der Waals surface area (Å²) in [6, 6.07) is 0. The van der Waals surface area contributed by atoms with Gasteiger partial charge in [0.25, 0.3) is 0 Å². The summed E-state index contributed by atoms with van der Waals surface area (Å²) >= 11 is 1.43. The van der Waals surface area contributed by atoms with Crippen molar-refractivity contribution in [1.29, 1.82) is 0 Å². The third kappa shape index (κ3) is 7.46. The number of ether oxygens (including phenoxy) is 1. The van der Waals surface area contributed by atoms with Crippen molar-refractivity contribution in [3.05, 3.63) is 11.1 Å². The molecule has 0 saturated heterocycles. The molecule has 21 heavy (non-hydrogen) atoms. The molecule has 0 aliphatic carbocycles. The highest BCUT2D eigenvalue weighted by Crippen LogP contribution is 2.26. The molecule has 0 aliphatic heterocycles. The van der Waals surface area contributed by atoms with Crippen molar-refractivity contribution < 1.29 is 9.53 Å². The fourth-order valence-electron chi connectivity index (χ4n) is 1.85. The van der Waals surface area contributed by atoms with E-state index in [1.165, 1.54) is 37.0 Å². The molecule has 1 rings (SSSR count). The van der Waals surface area contributed by atoms with Gasteiger partial charge in [-0.3, -0.25) is 5.32 Å². The van der Waals surface area contributed by atoms with E-state index in [0.717, 1.165) is 18.5 Å². The van der Waals surface area contributed by atoms with Crippen LogP contribution in [0.1, 0.15) is 71.9 Å². The monoisotopic (exact) mass is 312 g/mol. The zero-order valence-corrected chi connectivity index (χ0v) is 14.5. The number of hydrogen-bond acceptors (Lipinski definition) is 4. The SMILES string of the molecule is CCCCCCCCOC(=O)Nc1nc(C(C)(C)C)cs1. The van der Waals surface area contributed by atoms with Crippen LogP contribution in [-0.2, 0) is 10.2 Å². The first kappa shape index (κ1) is 18.0. The molecular formula is C16H28N2O2S. The third-order valence-electron chi connectivity index (χ3n) is 3.21. The number of thiazole rings is 1. The Hall–Kier alpha value is -1.10. The predicted molar refractivity (Wildman–Crippen MR) is 89.2 cm³/mol. The minimum atomic E-state index is -0.404. The topological polar surface area (TPSA) is 51.2 Å². The first-order valence-corrected chi connectivity index (χ1v) is 8.71. The molecule has 120 valence electrons. The van der Waals surface area contributed by atoms with Crippen LogP contribution in [0.25, 0.3) is 0 Å². The lowest BCUT2D eigenvalue weighted by molar-refractivity contribution is 0.159. The number of hydrogen-bond donors (Lipinski definition) is 1. The maximum Gasteiger partial charge on any atom is 0.413 e. The van der Waals surface area contributed by atoms with E-state index in [4.69, 9.17) is 4.74 Å². The van der Waals surface area contributed by atoms with Crippen molar-refractivity contribution in [1.82, 2.24) is 4.98 Å². The van der Waals surface area contributed by atoms with Crippen LogP contribution in [0.4, 0.5) is 9.93 Å². The first-order valence-electron chi connectivity index (χ1n) is 7.83. The molecule has 0 spiro atoms. The number of nitrogens with zero attached hydrogens (tertiary/aromatic N) is 1. The summed E-state index contributed by atoms with van der Waals surface area (Å²) in [6.07, 6.45) is 6.70. The van der Waals surface area contributed by atoms with Crippen LogP contribution in [0.2, 0.25) is 0 Å². The summed E-state index contributed by atoms with van der Waals surface area (Å²) < 4.78 is 5.16. The summed E-state index contributed by atoms with van der Waals surface area (Å²) in [5.74, 6) is 0. The van der Waals surface area contributed by atoms with Gasteiger partial charge < -0.3 is 4.74 Å². The molecule has 1 amide bonds. The van der Waals surface area contributed by atoms with E-state index < -0.39 is 6.09 Å². The molecule has 0 atom stereocenters. The number of carbonyl (C=O) groups excluding carboxylic acids is 1. The minimum Gasteiger partial charge on any atom is -0.449 e. The van der Waals surface area contributed by atoms with Crippen LogP contribution in [0.5, 0.6) is 0 Å². The van der Waals surface area contributed by atoms with Crippen molar-refractivity contribution in [2.75, 3.05) is 11.9 Å². The van der Waals surface area contributed by atoms with Crippen molar-refractivity contribution in [2.45, 2.75) is 71.6 Å². The second-order valence-corrected chi connectivity index (χ2v) is 7.17. The van der Waals surface area contributed by atoms with Gasteiger partial charge in [0.2, 0.25) is 0 Å². The third-order valence-corrected chi connectivity index (χ3v) is 3.97. The Kier molecular flexibility index (Phi) is 7.72. The van der Waals surface area contributed by atoms with E-state index in [9.17, 15) is 4.79 Å². The fraction of sp³-hybridized carbons (Fsp3) is 0.750. The highest BCUT2D eigenvalue weighted by atomic mass is 32.1. The highest BCUT2D eigenvalue weighted by molar-refractivity contribution is 7.13. The molecule has 0 radical (unpaired) electrons. The zero-order valence-electron chi connectivity index (χ0n) is 13.7. The van der Waals surface area contributed by atoms with Gasteiger partial charge in [0.1, 0.15) is 0 Å². The van der Waals surface area contributed by atoms with E-state index in [1.807, 2.05) is 5.38 Å². The Morgan fingerprint density at radius 3 is 2.52 bits per heavy atom. The number of anilines is 1. The number of unbranched alkanes of at least 4 members (excludes halogenated alkanes) is 5. The number of carbonyl (C=O) groups is 1. The molecule has 5 heteroatoms. The van der Waals surface area contributed by atoms with Crippen molar-refractivity contribution >= 4 is 22.6 Å². The summed E-state index contributed by atoms with van der Waals surface area (Å²) in [6.45, 7) is 8.99. The second kappa shape index (κ2) is 9.03. The average molecular weight is 312 g/mol. The Morgan fingerprint density at radius 1 is 1.24 bits per heavy atom. The average Bonchev–Trinajstić information content (AvgIpc) is 2.86. The van der Waals surface area contributed by atoms with Crippen molar-refractivity contribution in [3.8, 4) is 0 Å². The molecule has 1 N–H and O–H groups in total. The summed E-state index contributed by atoms with van der Waals surface area (Å²) in [7, 11) is 0. The Labute approximate surface area is 132 Å². The van der Waals surface area contributed by atoms with Crippen molar-refractivity contribution in [2.24, 2.45) is 0 Å². The van der Waals surface area contributed by atoms with E-state index >= 15 is 0 Å². The smallest absolute Gasteiger partial charge is 0.413 e. The van der Waals surface area contributed by atoms with Gasteiger partial charge in [-0.1, -0.05) is 59.8 Å². The normalized spacial score (nSPS) is 11.4. The highest BCUT2D eigenvalue weighted by Gasteiger charge is 2.18. The number of aromatic nitrogens is 1. The molecule has 1 aromatic rings.